The second-order valence-electron chi connectivity index (χ2n) is 4.94. The van der Waals surface area contributed by atoms with Crippen LogP contribution in [0.1, 0.15) is 29.3 Å². The van der Waals surface area contributed by atoms with E-state index in [1.807, 2.05) is 37.3 Å². The summed E-state index contributed by atoms with van der Waals surface area (Å²) in [5, 5.41) is 6.70. The van der Waals surface area contributed by atoms with Crippen LogP contribution in [0.2, 0.25) is 5.02 Å². The molecule has 2 rings (SSSR count). The Kier molecular flexibility index (Phi) is 5.23. The molecule has 0 fully saturated rings. The van der Waals surface area contributed by atoms with E-state index in [9.17, 15) is 4.79 Å². The Morgan fingerprint density at radius 3 is 2.71 bits per heavy atom. The molecule has 0 saturated carbocycles. The molecule has 21 heavy (non-hydrogen) atoms. The number of hydrogen-bond acceptors (Lipinski definition) is 2. The molecule has 2 aromatic rings. The van der Waals surface area contributed by atoms with Crippen LogP contribution in [0.4, 0.5) is 11.4 Å². The summed E-state index contributed by atoms with van der Waals surface area (Å²) < 4.78 is 0. The zero-order valence-electron chi connectivity index (χ0n) is 12.2. The van der Waals surface area contributed by atoms with Crippen LogP contribution in [-0.4, -0.2) is 12.5 Å². The lowest BCUT2D eigenvalue weighted by Crippen LogP contribution is -2.15. The highest BCUT2D eigenvalue weighted by molar-refractivity contribution is 6.31. The molecule has 0 atom stereocenters. The van der Waals surface area contributed by atoms with E-state index in [0.29, 0.717) is 10.6 Å². The number of benzene rings is 2. The third-order valence-corrected chi connectivity index (χ3v) is 3.30. The van der Waals surface area contributed by atoms with Crippen LogP contribution < -0.4 is 10.6 Å². The highest BCUT2D eigenvalue weighted by Crippen LogP contribution is 2.22. The summed E-state index contributed by atoms with van der Waals surface area (Å²) >= 11 is 6.02. The Morgan fingerprint density at radius 1 is 1.19 bits per heavy atom. The molecule has 0 aliphatic heterocycles. The van der Waals surface area contributed by atoms with Gasteiger partial charge in [-0.2, -0.15) is 0 Å². The van der Waals surface area contributed by atoms with E-state index in [4.69, 9.17) is 11.6 Å². The van der Waals surface area contributed by atoms with Crippen LogP contribution in [0.15, 0.2) is 42.5 Å². The SMILES string of the molecule is CCCNc1ccc(Cl)cc1C(=O)Nc1cccc(C)c1. The molecule has 0 unspecified atom stereocenters. The van der Waals surface area contributed by atoms with Gasteiger partial charge in [-0.15, -0.1) is 0 Å². The van der Waals surface area contributed by atoms with Gasteiger partial charge in [0, 0.05) is 22.9 Å². The predicted molar refractivity (Wildman–Crippen MR) is 89.4 cm³/mol. The predicted octanol–water partition coefficient (Wildman–Crippen LogP) is 4.72. The number of halogens is 1. The van der Waals surface area contributed by atoms with Gasteiger partial charge in [0.15, 0.2) is 0 Å². The molecule has 1 amide bonds. The first kappa shape index (κ1) is 15.4. The van der Waals surface area contributed by atoms with Crippen molar-refractivity contribution >= 4 is 28.9 Å². The zero-order chi connectivity index (χ0) is 15.2. The number of amides is 1. The molecular weight excluding hydrogens is 284 g/mol. The van der Waals surface area contributed by atoms with E-state index < -0.39 is 0 Å². The van der Waals surface area contributed by atoms with Crippen molar-refractivity contribution in [3.05, 3.63) is 58.6 Å². The maximum absolute atomic E-state index is 12.5. The number of rotatable bonds is 5. The number of nitrogens with one attached hydrogen (secondary N) is 2. The normalized spacial score (nSPS) is 10.2. The second kappa shape index (κ2) is 7.14. The van der Waals surface area contributed by atoms with Crippen molar-refractivity contribution in [3.63, 3.8) is 0 Å². The van der Waals surface area contributed by atoms with Gasteiger partial charge in [0.2, 0.25) is 0 Å². The zero-order valence-corrected chi connectivity index (χ0v) is 13.0. The second-order valence-corrected chi connectivity index (χ2v) is 5.38. The largest absolute Gasteiger partial charge is 0.384 e. The molecule has 3 nitrogen and oxygen atoms in total. The third-order valence-electron chi connectivity index (χ3n) is 3.07. The average molecular weight is 303 g/mol. The first-order valence-corrected chi connectivity index (χ1v) is 7.39. The van der Waals surface area contributed by atoms with Crippen molar-refractivity contribution in [2.75, 3.05) is 17.2 Å². The van der Waals surface area contributed by atoms with Crippen molar-refractivity contribution in [2.45, 2.75) is 20.3 Å². The van der Waals surface area contributed by atoms with E-state index >= 15 is 0 Å². The number of carbonyl (C=O) groups is 1. The van der Waals surface area contributed by atoms with Gasteiger partial charge in [-0.25, -0.2) is 0 Å². The minimum Gasteiger partial charge on any atom is -0.384 e. The molecule has 0 bridgehead atoms. The summed E-state index contributed by atoms with van der Waals surface area (Å²) in [4.78, 5) is 12.5. The Balaban J connectivity index is 2.23. The summed E-state index contributed by atoms with van der Waals surface area (Å²) in [5.41, 5.74) is 3.23. The number of carbonyl (C=O) groups excluding carboxylic acids is 1. The van der Waals surface area contributed by atoms with Gasteiger partial charge in [-0.05, 0) is 49.2 Å². The molecule has 0 aromatic heterocycles. The van der Waals surface area contributed by atoms with Crippen LogP contribution in [0.25, 0.3) is 0 Å². The van der Waals surface area contributed by atoms with Crippen molar-refractivity contribution in [3.8, 4) is 0 Å². The fourth-order valence-electron chi connectivity index (χ4n) is 2.04. The van der Waals surface area contributed by atoms with Gasteiger partial charge < -0.3 is 10.6 Å². The van der Waals surface area contributed by atoms with E-state index in [2.05, 4.69) is 17.6 Å². The van der Waals surface area contributed by atoms with Crippen LogP contribution >= 0.6 is 11.6 Å². The molecule has 110 valence electrons. The van der Waals surface area contributed by atoms with Gasteiger partial charge in [0.25, 0.3) is 5.91 Å². The monoisotopic (exact) mass is 302 g/mol. The van der Waals surface area contributed by atoms with Crippen LogP contribution in [0.3, 0.4) is 0 Å². The average Bonchev–Trinajstić information content (AvgIpc) is 2.46. The summed E-state index contributed by atoms with van der Waals surface area (Å²) in [6, 6.07) is 13.0. The van der Waals surface area contributed by atoms with Crippen molar-refractivity contribution in [1.82, 2.24) is 0 Å². The van der Waals surface area contributed by atoms with Crippen molar-refractivity contribution in [1.29, 1.82) is 0 Å². The summed E-state index contributed by atoms with van der Waals surface area (Å²) in [5.74, 6) is -0.165. The molecule has 0 spiro atoms. The molecule has 0 saturated heterocycles. The first-order valence-electron chi connectivity index (χ1n) is 7.01. The standard InChI is InChI=1S/C17H19ClN2O/c1-3-9-19-16-8-7-13(18)11-15(16)17(21)20-14-6-4-5-12(2)10-14/h4-8,10-11,19H,3,9H2,1-2H3,(H,20,21). The van der Waals surface area contributed by atoms with Crippen LogP contribution in [0.5, 0.6) is 0 Å². The van der Waals surface area contributed by atoms with Gasteiger partial charge in [-0.1, -0.05) is 30.7 Å². The maximum Gasteiger partial charge on any atom is 0.257 e. The maximum atomic E-state index is 12.5. The molecule has 0 radical (unpaired) electrons. The molecule has 0 aliphatic carbocycles. The fraction of sp³-hybridized carbons (Fsp3) is 0.235. The lowest BCUT2D eigenvalue weighted by atomic mass is 10.1. The first-order chi connectivity index (χ1) is 10.1. The van der Waals surface area contributed by atoms with Crippen molar-refractivity contribution in [2.24, 2.45) is 0 Å². The Morgan fingerprint density at radius 2 is 2.00 bits per heavy atom. The van der Waals surface area contributed by atoms with Gasteiger partial charge in [0.05, 0.1) is 5.56 Å². The number of hydrogen-bond donors (Lipinski definition) is 2. The Labute approximate surface area is 130 Å². The summed E-state index contributed by atoms with van der Waals surface area (Å²) in [7, 11) is 0. The van der Waals surface area contributed by atoms with Crippen LogP contribution in [-0.2, 0) is 0 Å². The quantitative estimate of drug-likeness (QED) is 0.839. The highest BCUT2D eigenvalue weighted by Gasteiger charge is 2.12. The minimum absolute atomic E-state index is 0.165. The molecule has 4 heteroatoms. The van der Waals surface area contributed by atoms with Gasteiger partial charge in [-0.3, -0.25) is 4.79 Å². The van der Waals surface area contributed by atoms with Crippen LogP contribution in [0, 0.1) is 6.92 Å². The number of aryl methyl sites for hydroxylation is 1. The van der Waals surface area contributed by atoms with E-state index in [0.717, 1.165) is 29.9 Å². The molecule has 2 N–H and O–H groups in total. The number of anilines is 2. The Hall–Kier alpha value is -2.00. The van der Waals surface area contributed by atoms with Gasteiger partial charge >= 0.3 is 0 Å². The van der Waals surface area contributed by atoms with E-state index in [-0.39, 0.29) is 5.91 Å². The van der Waals surface area contributed by atoms with Gasteiger partial charge in [0.1, 0.15) is 0 Å². The van der Waals surface area contributed by atoms with E-state index in [1.54, 1.807) is 12.1 Å². The summed E-state index contributed by atoms with van der Waals surface area (Å²) in [6.45, 7) is 4.88. The fourth-order valence-corrected chi connectivity index (χ4v) is 2.21. The lowest BCUT2D eigenvalue weighted by molar-refractivity contribution is 0.102. The van der Waals surface area contributed by atoms with E-state index in [1.165, 1.54) is 0 Å². The minimum atomic E-state index is -0.165. The van der Waals surface area contributed by atoms with Crippen molar-refractivity contribution < 1.29 is 4.79 Å². The summed E-state index contributed by atoms with van der Waals surface area (Å²) in [6.07, 6.45) is 0.988. The third kappa shape index (κ3) is 4.23. The highest BCUT2D eigenvalue weighted by atomic mass is 35.5. The molecular formula is C17H19ClN2O. The smallest absolute Gasteiger partial charge is 0.257 e. The topological polar surface area (TPSA) is 41.1 Å². The Bertz CT molecular complexity index is 640. The molecule has 0 aliphatic rings. The lowest BCUT2D eigenvalue weighted by Gasteiger charge is -2.12. The molecule has 2 aromatic carbocycles. The molecule has 0 heterocycles.